The standard InChI is InChI=1S/C15H13ClOS2/c1-2-17-11-5-3-10(4-6-11)15(16)14-9-13-12(19-14)7-8-18-13/h3-9,15H,2H2,1H3. The summed E-state index contributed by atoms with van der Waals surface area (Å²) in [6.07, 6.45) is 0. The number of ether oxygens (including phenoxy) is 1. The van der Waals surface area contributed by atoms with Crippen molar-refractivity contribution in [3.05, 3.63) is 52.2 Å². The Labute approximate surface area is 125 Å². The maximum atomic E-state index is 6.56. The Balaban J connectivity index is 1.86. The highest BCUT2D eigenvalue weighted by atomic mass is 35.5. The van der Waals surface area contributed by atoms with Crippen LogP contribution < -0.4 is 4.74 Å². The molecule has 0 saturated carbocycles. The summed E-state index contributed by atoms with van der Waals surface area (Å²) < 4.78 is 8.08. The van der Waals surface area contributed by atoms with Crippen LogP contribution in [0.4, 0.5) is 0 Å². The minimum atomic E-state index is -0.0831. The van der Waals surface area contributed by atoms with Crippen molar-refractivity contribution < 1.29 is 4.74 Å². The van der Waals surface area contributed by atoms with E-state index in [0.717, 1.165) is 11.3 Å². The molecular weight excluding hydrogens is 296 g/mol. The molecule has 0 fully saturated rings. The molecule has 3 aromatic rings. The second-order valence-electron chi connectivity index (χ2n) is 4.16. The fraction of sp³-hybridized carbons (Fsp3) is 0.200. The van der Waals surface area contributed by atoms with Crippen molar-refractivity contribution in [1.82, 2.24) is 0 Å². The summed E-state index contributed by atoms with van der Waals surface area (Å²) in [7, 11) is 0. The molecule has 0 N–H and O–H groups in total. The van der Waals surface area contributed by atoms with E-state index in [-0.39, 0.29) is 5.38 Å². The highest BCUT2D eigenvalue weighted by Gasteiger charge is 2.14. The summed E-state index contributed by atoms with van der Waals surface area (Å²) in [5.41, 5.74) is 1.11. The summed E-state index contributed by atoms with van der Waals surface area (Å²) in [5.74, 6) is 0.891. The Morgan fingerprint density at radius 2 is 1.95 bits per heavy atom. The molecule has 0 saturated heterocycles. The number of hydrogen-bond acceptors (Lipinski definition) is 3. The Morgan fingerprint density at radius 3 is 2.63 bits per heavy atom. The second kappa shape index (κ2) is 5.53. The predicted molar refractivity (Wildman–Crippen MR) is 85.0 cm³/mol. The van der Waals surface area contributed by atoms with Gasteiger partial charge in [-0.05, 0) is 42.1 Å². The lowest BCUT2D eigenvalue weighted by Crippen LogP contribution is -1.93. The zero-order valence-electron chi connectivity index (χ0n) is 10.4. The van der Waals surface area contributed by atoms with E-state index >= 15 is 0 Å². The Hall–Kier alpha value is -1.03. The first-order chi connectivity index (χ1) is 9.28. The fourth-order valence-corrected chi connectivity index (χ4v) is 4.44. The zero-order valence-corrected chi connectivity index (χ0v) is 12.8. The van der Waals surface area contributed by atoms with E-state index in [1.54, 1.807) is 22.7 Å². The van der Waals surface area contributed by atoms with E-state index in [0.29, 0.717) is 6.61 Å². The second-order valence-corrected chi connectivity index (χ2v) is 6.66. The third-order valence-electron chi connectivity index (χ3n) is 2.89. The highest BCUT2D eigenvalue weighted by Crippen LogP contribution is 2.39. The van der Waals surface area contributed by atoms with Crippen LogP contribution in [0.2, 0.25) is 0 Å². The van der Waals surface area contributed by atoms with Crippen molar-refractivity contribution in [2.24, 2.45) is 0 Å². The van der Waals surface area contributed by atoms with Gasteiger partial charge in [0, 0.05) is 14.3 Å². The highest BCUT2D eigenvalue weighted by molar-refractivity contribution is 7.27. The molecule has 0 amide bonds. The Bertz CT molecular complexity index is 640. The topological polar surface area (TPSA) is 9.23 Å². The van der Waals surface area contributed by atoms with Gasteiger partial charge in [0.1, 0.15) is 5.75 Å². The maximum Gasteiger partial charge on any atom is 0.119 e. The van der Waals surface area contributed by atoms with E-state index in [4.69, 9.17) is 16.3 Å². The molecule has 2 aromatic heterocycles. The number of alkyl halides is 1. The van der Waals surface area contributed by atoms with Crippen LogP contribution >= 0.6 is 34.3 Å². The molecule has 0 aliphatic carbocycles. The van der Waals surface area contributed by atoms with Crippen molar-refractivity contribution >= 4 is 43.7 Å². The van der Waals surface area contributed by atoms with Crippen molar-refractivity contribution in [1.29, 1.82) is 0 Å². The summed E-state index contributed by atoms with van der Waals surface area (Å²) in [6, 6.07) is 12.4. The number of halogens is 1. The monoisotopic (exact) mass is 308 g/mol. The van der Waals surface area contributed by atoms with E-state index < -0.39 is 0 Å². The van der Waals surface area contributed by atoms with Gasteiger partial charge in [0.05, 0.1) is 12.0 Å². The van der Waals surface area contributed by atoms with E-state index in [9.17, 15) is 0 Å². The van der Waals surface area contributed by atoms with Gasteiger partial charge in [0.15, 0.2) is 0 Å². The van der Waals surface area contributed by atoms with Gasteiger partial charge in [-0.2, -0.15) is 0 Å². The van der Waals surface area contributed by atoms with Crippen molar-refractivity contribution in [3.8, 4) is 5.75 Å². The zero-order chi connectivity index (χ0) is 13.2. The van der Waals surface area contributed by atoms with Crippen LogP contribution in [0.3, 0.4) is 0 Å². The number of thiophene rings is 2. The smallest absolute Gasteiger partial charge is 0.119 e. The molecule has 19 heavy (non-hydrogen) atoms. The SMILES string of the molecule is CCOc1ccc(C(Cl)c2cc3sccc3s2)cc1. The Kier molecular flexibility index (Phi) is 3.78. The summed E-state index contributed by atoms with van der Waals surface area (Å²) in [6.45, 7) is 2.67. The molecule has 0 bridgehead atoms. The van der Waals surface area contributed by atoms with Crippen molar-refractivity contribution in [2.75, 3.05) is 6.61 Å². The summed E-state index contributed by atoms with van der Waals surface area (Å²) >= 11 is 10.1. The molecule has 1 aromatic carbocycles. The van der Waals surface area contributed by atoms with Crippen LogP contribution in [-0.2, 0) is 0 Å². The van der Waals surface area contributed by atoms with Gasteiger partial charge >= 0.3 is 0 Å². The van der Waals surface area contributed by atoms with Crippen LogP contribution in [-0.4, -0.2) is 6.61 Å². The summed E-state index contributed by atoms with van der Waals surface area (Å²) in [4.78, 5) is 1.20. The Morgan fingerprint density at radius 1 is 1.16 bits per heavy atom. The lowest BCUT2D eigenvalue weighted by Gasteiger charge is -2.09. The molecule has 0 spiro atoms. The molecule has 0 radical (unpaired) electrons. The third kappa shape index (κ3) is 2.64. The minimum absolute atomic E-state index is 0.0831. The van der Waals surface area contributed by atoms with Crippen LogP contribution in [0.1, 0.15) is 22.7 Å². The predicted octanol–water partition coefficient (Wildman–Crippen LogP) is 5.69. The van der Waals surface area contributed by atoms with Gasteiger partial charge in [0.2, 0.25) is 0 Å². The molecule has 2 heterocycles. The molecule has 1 atom stereocenters. The largest absolute Gasteiger partial charge is 0.494 e. The third-order valence-corrected chi connectivity index (χ3v) is 5.67. The van der Waals surface area contributed by atoms with E-state index in [1.165, 1.54) is 14.3 Å². The molecule has 0 aliphatic heterocycles. The maximum absolute atomic E-state index is 6.56. The van der Waals surface area contributed by atoms with Crippen LogP contribution in [0.5, 0.6) is 5.75 Å². The number of rotatable bonds is 4. The minimum Gasteiger partial charge on any atom is -0.494 e. The van der Waals surface area contributed by atoms with Gasteiger partial charge in [-0.15, -0.1) is 34.3 Å². The molecular formula is C15H13ClOS2. The van der Waals surface area contributed by atoms with Crippen LogP contribution in [0.15, 0.2) is 41.8 Å². The first-order valence-electron chi connectivity index (χ1n) is 6.11. The van der Waals surface area contributed by atoms with E-state index in [1.807, 2.05) is 31.2 Å². The average Bonchev–Trinajstić information content (AvgIpc) is 3.00. The number of hydrogen-bond donors (Lipinski definition) is 0. The molecule has 1 nitrogen and oxygen atoms in total. The fourth-order valence-electron chi connectivity index (χ4n) is 1.97. The van der Waals surface area contributed by atoms with Crippen molar-refractivity contribution in [3.63, 3.8) is 0 Å². The molecule has 4 heteroatoms. The quantitative estimate of drug-likeness (QED) is 0.563. The molecule has 0 aliphatic rings. The number of fused-ring (bicyclic) bond motifs is 1. The first-order valence-corrected chi connectivity index (χ1v) is 8.25. The lowest BCUT2D eigenvalue weighted by atomic mass is 10.1. The first kappa shape index (κ1) is 13.0. The van der Waals surface area contributed by atoms with Crippen LogP contribution in [0.25, 0.3) is 9.40 Å². The summed E-state index contributed by atoms with van der Waals surface area (Å²) in [5, 5.41) is 2.03. The van der Waals surface area contributed by atoms with Crippen molar-refractivity contribution in [2.45, 2.75) is 12.3 Å². The van der Waals surface area contributed by atoms with Gasteiger partial charge in [-0.1, -0.05) is 12.1 Å². The van der Waals surface area contributed by atoms with Gasteiger partial charge < -0.3 is 4.74 Å². The molecule has 98 valence electrons. The lowest BCUT2D eigenvalue weighted by molar-refractivity contribution is 0.340. The molecule has 1 unspecified atom stereocenters. The number of benzene rings is 1. The van der Waals surface area contributed by atoms with E-state index in [2.05, 4.69) is 17.5 Å². The van der Waals surface area contributed by atoms with Crippen LogP contribution in [0, 0.1) is 0 Å². The van der Waals surface area contributed by atoms with Gasteiger partial charge in [0.25, 0.3) is 0 Å². The van der Waals surface area contributed by atoms with Gasteiger partial charge in [-0.3, -0.25) is 0 Å². The van der Waals surface area contributed by atoms with Gasteiger partial charge in [-0.25, -0.2) is 0 Å². The molecule has 3 rings (SSSR count). The normalized spacial score (nSPS) is 12.7. The average molecular weight is 309 g/mol.